The second-order valence-corrected chi connectivity index (χ2v) is 5.34. The number of hydrogen-bond acceptors (Lipinski definition) is 5. The number of nitrogens with zero attached hydrogens (tertiary/aromatic N) is 1. The number of hydrogen-bond donors (Lipinski definition) is 2. The third-order valence-corrected chi connectivity index (χ3v) is 4.17. The molecular weight excluding hydrogens is 246 g/mol. The van der Waals surface area contributed by atoms with Crippen LogP contribution >= 0.6 is 0 Å². The van der Waals surface area contributed by atoms with Crippen LogP contribution in [-0.4, -0.2) is 36.3 Å². The number of pyridine rings is 1. The first-order valence-corrected chi connectivity index (χ1v) is 6.59. The van der Waals surface area contributed by atoms with Crippen LogP contribution < -0.4 is 20.1 Å². The molecule has 6 nitrogen and oxygen atoms in total. The maximum atomic E-state index is 12.2. The van der Waals surface area contributed by atoms with E-state index >= 15 is 0 Å². The Hall–Kier alpha value is -1.82. The number of amides is 1. The van der Waals surface area contributed by atoms with Crippen LogP contribution in [-0.2, 0) is 0 Å². The lowest BCUT2D eigenvalue weighted by molar-refractivity contribution is 0.0919. The molecule has 19 heavy (non-hydrogen) atoms. The number of piperidine rings is 1. The second kappa shape index (κ2) is 4.09. The maximum Gasteiger partial charge on any atom is 0.270 e. The van der Waals surface area contributed by atoms with Crippen molar-refractivity contribution < 1.29 is 14.3 Å². The van der Waals surface area contributed by atoms with Gasteiger partial charge in [-0.1, -0.05) is 0 Å². The third-order valence-electron chi connectivity index (χ3n) is 4.17. The van der Waals surface area contributed by atoms with Crippen molar-refractivity contribution in [3.63, 3.8) is 0 Å². The first kappa shape index (κ1) is 11.0. The summed E-state index contributed by atoms with van der Waals surface area (Å²) in [5.74, 6) is 1.62. The minimum Gasteiger partial charge on any atom is -0.453 e. The van der Waals surface area contributed by atoms with Crippen LogP contribution in [0.1, 0.15) is 23.3 Å². The van der Waals surface area contributed by atoms with Gasteiger partial charge in [0.15, 0.2) is 11.5 Å². The molecule has 4 rings (SSSR count). The number of rotatable bonds is 2. The largest absolute Gasteiger partial charge is 0.453 e. The Kier molecular flexibility index (Phi) is 2.38. The van der Waals surface area contributed by atoms with E-state index in [1.54, 1.807) is 12.3 Å². The van der Waals surface area contributed by atoms with Crippen LogP contribution in [0.15, 0.2) is 12.3 Å². The van der Waals surface area contributed by atoms with Crippen molar-refractivity contribution in [1.29, 1.82) is 0 Å². The summed E-state index contributed by atoms with van der Waals surface area (Å²) in [6, 6.07) is 2.48. The Balaban J connectivity index is 1.48. The molecule has 2 bridgehead atoms. The Morgan fingerprint density at radius 1 is 1.37 bits per heavy atom. The van der Waals surface area contributed by atoms with E-state index in [1.165, 1.54) is 6.42 Å². The van der Waals surface area contributed by atoms with Crippen molar-refractivity contribution in [3.05, 3.63) is 18.0 Å². The Morgan fingerprint density at radius 2 is 2.26 bits per heavy atom. The molecular formula is C13H15N3O3. The average Bonchev–Trinajstić information content (AvgIpc) is 3.13. The first-order chi connectivity index (χ1) is 9.29. The zero-order valence-corrected chi connectivity index (χ0v) is 10.4. The summed E-state index contributed by atoms with van der Waals surface area (Å²) in [5, 5.41) is 6.51. The lowest BCUT2D eigenvalue weighted by atomic mass is 10.0. The van der Waals surface area contributed by atoms with E-state index in [-0.39, 0.29) is 18.7 Å². The van der Waals surface area contributed by atoms with Gasteiger partial charge in [-0.3, -0.25) is 4.79 Å². The van der Waals surface area contributed by atoms with Gasteiger partial charge in [0.25, 0.3) is 5.91 Å². The zero-order valence-electron chi connectivity index (χ0n) is 10.4. The molecule has 1 aromatic rings. The van der Waals surface area contributed by atoms with Crippen LogP contribution in [0.25, 0.3) is 0 Å². The molecule has 2 fully saturated rings. The van der Waals surface area contributed by atoms with Crippen LogP contribution in [0, 0.1) is 5.92 Å². The van der Waals surface area contributed by atoms with Crippen molar-refractivity contribution in [1.82, 2.24) is 15.6 Å². The number of carbonyl (C=O) groups excluding carboxylic acids is 1. The molecule has 3 heterocycles. The van der Waals surface area contributed by atoms with E-state index in [1.807, 2.05) is 0 Å². The van der Waals surface area contributed by atoms with E-state index < -0.39 is 0 Å². The van der Waals surface area contributed by atoms with Gasteiger partial charge in [0, 0.05) is 24.7 Å². The highest BCUT2D eigenvalue weighted by atomic mass is 16.7. The van der Waals surface area contributed by atoms with Crippen molar-refractivity contribution in [2.24, 2.45) is 5.92 Å². The highest BCUT2D eigenvalue weighted by Crippen LogP contribution is 2.33. The predicted octanol–water partition coefficient (Wildman–Crippen LogP) is 0.291. The topological polar surface area (TPSA) is 72.5 Å². The van der Waals surface area contributed by atoms with Crippen molar-refractivity contribution in [2.75, 3.05) is 13.3 Å². The highest BCUT2D eigenvalue weighted by molar-refractivity contribution is 5.93. The van der Waals surface area contributed by atoms with Crippen LogP contribution in [0.5, 0.6) is 11.5 Å². The molecule has 3 atom stereocenters. The molecule has 1 saturated carbocycles. The Labute approximate surface area is 110 Å². The average molecular weight is 261 g/mol. The molecule has 100 valence electrons. The van der Waals surface area contributed by atoms with Gasteiger partial charge in [-0.15, -0.1) is 0 Å². The third kappa shape index (κ3) is 1.83. The van der Waals surface area contributed by atoms with Gasteiger partial charge in [0.2, 0.25) is 6.79 Å². The molecule has 3 aliphatic rings. The second-order valence-electron chi connectivity index (χ2n) is 5.34. The molecule has 2 N–H and O–H groups in total. The van der Waals surface area contributed by atoms with Crippen LogP contribution in [0.3, 0.4) is 0 Å². The van der Waals surface area contributed by atoms with Crippen molar-refractivity contribution in [3.8, 4) is 11.5 Å². The summed E-state index contributed by atoms with van der Waals surface area (Å²) in [4.78, 5) is 16.3. The molecule has 0 radical (unpaired) electrons. The molecule has 3 unspecified atom stereocenters. The molecule has 0 aromatic carbocycles. The SMILES string of the molecule is O=C(NC1CC2CC1CN2)c1cc2c(cn1)OCO2. The zero-order chi connectivity index (χ0) is 12.8. The number of ether oxygens (including phenoxy) is 2. The summed E-state index contributed by atoms with van der Waals surface area (Å²) in [7, 11) is 0. The van der Waals surface area contributed by atoms with Crippen molar-refractivity contribution >= 4 is 5.91 Å². The molecule has 2 aliphatic heterocycles. The highest BCUT2D eigenvalue weighted by Gasteiger charge is 2.40. The number of aromatic nitrogens is 1. The molecule has 6 heteroatoms. The first-order valence-electron chi connectivity index (χ1n) is 6.59. The summed E-state index contributed by atoms with van der Waals surface area (Å²) >= 11 is 0. The van der Waals surface area contributed by atoms with Crippen LogP contribution in [0.4, 0.5) is 0 Å². The van der Waals surface area contributed by atoms with Gasteiger partial charge < -0.3 is 20.1 Å². The van der Waals surface area contributed by atoms with E-state index in [2.05, 4.69) is 15.6 Å². The smallest absolute Gasteiger partial charge is 0.270 e. The summed E-state index contributed by atoms with van der Waals surface area (Å²) in [6.45, 7) is 1.20. The van der Waals surface area contributed by atoms with Gasteiger partial charge in [-0.2, -0.15) is 0 Å². The van der Waals surface area contributed by atoms with E-state index in [0.717, 1.165) is 13.0 Å². The summed E-state index contributed by atoms with van der Waals surface area (Å²) in [5.41, 5.74) is 0.389. The standard InChI is InChI=1S/C13H15N3O3/c17-13(16-9-2-8-1-7(9)4-14-8)10-3-11-12(5-15-10)19-6-18-11/h3,5,7-9,14H,1-2,4,6H2,(H,16,17). The summed E-state index contributed by atoms with van der Waals surface area (Å²) < 4.78 is 10.4. The van der Waals surface area contributed by atoms with Crippen LogP contribution in [0.2, 0.25) is 0 Å². The lowest BCUT2D eigenvalue weighted by Crippen LogP contribution is -2.44. The normalized spacial score (nSPS) is 30.6. The molecule has 1 amide bonds. The van der Waals surface area contributed by atoms with Gasteiger partial charge in [-0.25, -0.2) is 4.98 Å². The number of carbonyl (C=O) groups is 1. The fraction of sp³-hybridized carbons (Fsp3) is 0.538. The fourth-order valence-corrected chi connectivity index (χ4v) is 3.18. The van der Waals surface area contributed by atoms with Crippen molar-refractivity contribution in [2.45, 2.75) is 24.9 Å². The minimum absolute atomic E-state index is 0.129. The molecule has 1 saturated heterocycles. The van der Waals surface area contributed by atoms with E-state index in [9.17, 15) is 4.79 Å². The molecule has 0 spiro atoms. The summed E-state index contributed by atoms with van der Waals surface area (Å²) in [6.07, 6.45) is 3.72. The molecule has 1 aliphatic carbocycles. The maximum absolute atomic E-state index is 12.2. The van der Waals surface area contributed by atoms with Gasteiger partial charge in [0.05, 0.1) is 6.20 Å². The number of fused-ring (bicyclic) bond motifs is 3. The lowest BCUT2D eigenvalue weighted by Gasteiger charge is -2.23. The van der Waals surface area contributed by atoms with Gasteiger partial charge in [-0.05, 0) is 18.8 Å². The predicted molar refractivity (Wildman–Crippen MR) is 66.1 cm³/mol. The number of nitrogens with one attached hydrogen (secondary N) is 2. The Morgan fingerprint density at radius 3 is 3.05 bits per heavy atom. The fourth-order valence-electron chi connectivity index (χ4n) is 3.18. The minimum atomic E-state index is -0.129. The van der Waals surface area contributed by atoms with E-state index in [0.29, 0.717) is 29.2 Å². The quantitative estimate of drug-likeness (QED) is 0.800. The monoisotopic (exact) mass is 261 g/mol. The molecule has 1 aromatic heterocycles. The Bertz CT molecular complexity index is 534. The van der Waals surface area contributed by atoms with Gasteiger partial charge >= 0.3 is 0 Å². The van der Waals surface area contributed by atoms with E-state index in [4.69, 9.17) is 9.47 Å². The van der Waals surface area contributed by atoms with Gasteiger partial charge in [0.1, 0.15) is 5.69 Å².